The lowest BCUT2D eigenvalue weighted by atomic mass is 9.98. The van der Waals surface area contributed by atoms with Crippen LogP contribution in [-0.4, -0.2) is 47.3 Å². The number of aliphatic carboxylic acids is 2. The van der Waals surface area contributed by atoms with Gasteiger partial charge in [-0.3, -0.25) is 9.59 Å². The quantitative estimate of drug-likeness (QED) is 0.424. The van der Waals surface area contributed by atoms with E-state index < -0.39 is 43.0 Å². The molecule has 0 aliphatic rings. The molecule has 21 heavy (non-hydrogen) atoms. The van der Waals surface area contributed by atoms with Crippen molar-refractivity contribution in [3.05, 3.63) is 0 Å². The molecule has 0 bridgehead atoms. The topological polar surface area (TPSA) is 127 Å². The van der Waals surface area contributed by atoms with E-state index in [2.05, 4.69) is 9.47 Å². The van der Waals surface area contributed by atoms with E-state index in [1.165, 1.54) is 0 Å². The van der Waals surface area contributed by atoms with E-state index in [1.807, 2.05) is 6.92 Å². The molecule has 0 aromatic rings. The molecule has 0 amide bonds. The second kappa shape index (κ2) is 10.6. The third-order valence-electron chi connectivity index (χ3n) is 2.60. The summed E-state index contributed by atoms with van der Waals surface area (Å²) < 4.78 is 9.01. The Morgan fingerprint density at radius 2 is 1.52 bits per heavy atom. The van der Waals surface area contributed by atoms with Gasteiger partial charge in [0, 0.05) is 0 Å². The second-order valence-electron chi connectivity index (χ2n) is 4.45. The van der Waals surface area contributed by atoms with Gasteiger partial charge < -0.3 is 19.7 Å². The fourth-order valence-electron chi connectivity index (χ4n) is 1.60. The number of carbonyl (C=O) groups excluding carboxylic acids is 2. The summed E-state index contributed by atoms with van der Waals surface area (Å²) in [6, 6.07) is 0. The van der Waals surface area contributed by atoms with E-state index >= 15 is 0 Å². The van der Waals surface area contributed by atoms with Crippen molar-refractivity contribution < 1.29 is 38.9 Å². The van der Waals surface area contributed by atoms with Crippen LogP contribution in [0.3, 0.4) is 0 Å². The number of ether oxygens (including phenoxy) is 2. The van der Waals surface area contributed by atoms with Gasteiger partial charge in [-0.25, -0.2) is 9.59 Å². The molecule has 1 unspecified atom stereocenters. The van der Waals surface area contributed by atoms with Gasteiger partial charge in [0.15, 0.2) is 13.2 Å². The molecule has 0 spiro atoms. The Hall–Kier alpha value is -2.12. The third-order valence-corrected chi connectivity index (χ3v) is 2.60. The van der Waals surface area contributed by atoms with E-state index in [9.17, 15) is 19.2 Å². The molecular weight excluding hydrogens is 284 g/mol. The number of unbranched alkanes of at least 4 members (excludes halogenated alkanes) is 2. The second-order valence-corrected chi connectivity index (χ2v) is 4.45. The molecule has 0 radical (unpaired) electrons. The number of rotatable bonds is 11. The maximum Gasteiger partial charge on any atom is 0.341 e. The van der Waals surface area contributed by atoms with E-state index in [4.69, 9.17) is 10.2 Å². The van der Waals surface area contributed by atoms with Crippen LogP contribution in [0.4, 0.5) is 0 Å². The Bertz CT molecular complexity index is 376. The number of carbonyl (C=O) groups is 4. The number of esters is 2. The number of carboxylic acid groups (broad SMARTS) is 2. The van der Waals surface area contributed by atoms with Crippen LogP contribution in [0, 0.1) is 5.92 Å². The summed E-state index contributed by atoms with van der Waals surface area (Å²) in [6.45, 7) is 0.427. The molecule has 2 N–H and O–H groups in total. The highest BCUT2D eigenvalue weighted by atomic mass is 16.6. The van der Waals surface area contributed by atoms with Crippen LogP contribution in [0.5, 0.6) is 0 Å². The molecule has 0 rings (SSSR count). The van der Waals surface area contributed by atoms with Crippen LogP contribution < -0.4 is 0 Å². The van der Waals surface area contributed by atoms with Gasteiger partial charge in [0.05, 0.1) is 12.3 Å². The Kier molecular flexibility index (Phi) is 9.57. The molecule has 0 aliphatic heterocycles. The lowest BCUT2D eigenvalue weighted by molar-refractivity contribution is -0.162. The van der Waals surface area contributed by atoms with Crippen molar-refractivity contribution in [2.24, 2.45) is 5.92 Å². The minimum atomic E-state index is -1.29. The Balaban J connectivity index is 4.42. The summed E-state index contributed by atoms with van der Waals surface area (Å²) >= 11 is 0. The number of hydrogen-bond donors (Lipinski definition) is 2. The average Bonchev–Trinajstić information content (AvgIpc) is 2.41. The van der Waals surface area contributed by atoms with Crippen LogP contribution >= 0.6 is 0 Å². The predicted molar refractivity (Wildman–Crippen MR) is 69.4 cm³/mol. The van der Waals surface area contributed by atoms with E-state index in [-0.39, 0.29) is 6.42 Å². The Labute approximate surface area is 122 Å². The highest BCUT2D eigenvalue weighted by Gasteiger charge is 2.24. The minimum Gasteiger partial charge on any atom is -0.479 e. The van der Waals surface area contributed by atoms with Gasteiger partial charge in [0.1, 0.15) is 0 Å². The van der Waals surface area contributed by atoms with Gasteiger partial charge in [0.25, 0.3) is 0 Å². The summed E-state index contributed by atoms with van der Waals surface area (Å²) in [7, 11) is 0. The van der Waals surface area contributed by atoms with E-state index in [0.29, 0.717) is 12.8 Å². The third kappa shape index (κ3) is 10.3. The fourth-order valence-corrected chi connectivity index (χ4v) is 1.60. The van der Waals surface area contributed by atoms with Crippen LogP contribution in [-0.2, 0) is 28.7 Å². The van der Waals surface area contributed by atoms with E-state index in [1.54, 1.807) is 0 Å². The fraction of sp³-hybridized carbons (Fsp3) is 0.692. The molecule has 8 heteroatoms. The Morgan fingerprint density at radius 1 is 0.952 bits per heavy atom. The van der Waals surface area contributed by atoms with Crippen LogP contribution in [0.15, 0.2) is 0 Å². The van der Waals surface area contributed by atoms with Crippen molar-refractivity contribution in [2.45, 2.75) is 39.0 Å². The van der Waals surface area contributed by atoms with Crippen LogP contribution in [0.1, 0.15) is 39.0 Å². The molecule has 8 nitrogen and oxygen atoms in total. The monoisotopic (exact) mass is 304 g/mol. The van der Waals surface area contributed by atoms with Gasteiger partial charge in [-0.1, -0.05) is 26.2 Å². The first kappa shape index (κ1) is 18.9. The molecule has 0 aliphatic carbocycles. The number of carboxylic acids is 2. The smallest absolute Gasteiger partial charge is 0.341 e. The van der Waals surface area contributed by atoms with Gasteiger partial charge in [-0.05, 0) is 6.42 Å². The summed E-state index contributed by atoms with van der Waals surface area (Å²) in [5.41, 5.74) is 0. The summed E-state index contributed by atoms with van der Waals surface area (Å²) in [6.07, 6.45) is 2.48. The highest BCUT2D eigenvalue weighted by Crippen LogP contribution is 2.16. The zero-order chi connectivity index (χ0) is 16.3. The largest absolute Gasteiger partial charge is 0.479 e. The van der Waals surface area contributed by atoms with E-state index in [0.717, 1.165) is 12.8 Å². The first-order valence-corrected chi connectivity index (χ1v) is 6.62. The zero-order valence-electron chi connectivity index (χ0n) is 11.9. The van der Waals surface area contributed by atoms with Crippen LogP contribution in [0.2, 0.25) is 0 Å². The Morgan fingerprint density at radius 3 is 2.05 bits per heavy atom. The first-order chi connectivity index (χ1) is 9.86. The molecule has 0 aromatic carbocycles. The normalized spacial score (nSPS) is 11.5. The van der Waals surface area contributed by atoms with Crippen molar-refractivity contribution in [3.63, 3.8) is 0 Å². The van der Waals surface area contributed by atoms with Crippen LogP contribution in [0.25, 0.3) is 0 Å². The lowest BCUT2D eigenvalue weighted by Crippen LogP contribution is -2.25. The maximum atomic E-state index is 11.7. The van der Waals surface area contributed by atoms with Crippen molar-refractivity contribution in [1.29, 1.82) is 0 Å². The SMILES string of the molecule is CCCCCC(CC(=O)OCC(=O)O)C(=O)OCC(=O)O. The first-order valence-electron chi connectivity index (χ1n) is 6.62. The molecule has 120 valence electrons. The molecule has 1 atom stereocenters. The lowest BCUT2D eigenvalue weighted by Gasteiger charge is -2.14. The summed E-state index contributed by atoms with van der Waals surface area (Å²) in [4.78, 5) is 43.8. The van der Waals surface area contributed by atoms with Gasteiger partial charge in [0.2, 0.25) is 0 Å². The molecule has 0 saturated heterocycles. The van der Waals surface area contributed by atoms with Crippen molar-refractivity contribution in [2.75, 3.05) is 13.2 Å². The molecule has 0 saturated carbocycles. The van der Waals surface area contributed by atoms with Crippen molar-refractivity contribution >= 4 is 23.9 Å². The standard InChI is InChI=1S/C13H20O8/c1-2-3-4-5-9(13(19)21-8-11(16)17)6-12(18)20-7-10(14)15/h9H,2-8H2,1H3,(H,14,15)(H,16,17). The zero-order valence-corrected chi connectivity index (χ0v) is 11.9. The molecule has 0 fully saturated rings. The maximum absolute atomic E-state index is 11.7. The van der Waals surface area contributed by atoms with Gasteiger partial charge in [-0.2, -0.15) is 0 Å². The highest BCUT2D eigenvalue weighted by molar-refractivity contribution is 5.82. The van der Waals surface area contributed by atoms with Crippen molar-refractivity contribution in [3.8, 4) is 0 Å². The van der Waals surface area contributed by atoms with Crippen molar-refractivity contribution in [1.82, 2.24) is 0 Å². The number of hydrogen-bond acceptors (Lipinski definition) is 6. The predicted octanol–water partition coefficient (Wildman–Crippen LogP) is 0.829. The van der Waals surface area contributed by atoms with Gasteiger partial charge >= 0.3 is 23.9 Å². The average molecular weight is 304 g/mol. The van der Waals surface area contributed by atoms with Gasteiger partial charge in [-0.15, -0.1) is 0 Å². The summed E-state index contributed by atoms with van der Waals surface area (Å²) in [5.74, 6) is -5.02. The summed E-state index contributed by atoms with van der Waals surface area (Å²) in [5, 5.41) is 16.8. The minimum absolute atomic E-state index is 0.324. The molecular formula is C13H20O8. The molecule has 0 aromatic heterocycles. The molecule has 0 heterocycles.